The van der Waals surface area contributed by atoms with E-state index in [1.807, 2.05) is 6.92 Å². The molecule has 1 aliphatic rings. The van der Waals surface area contributed by atoms with Crippen molar-refractivity contribution in [1.29, 1.82) is 0 Å². The van der Waals surface area contributed by atoms with Crippen LogP contribution in [0.1, 0.15) is 23.7 Å². The normalized spacial score (nSPS) is 17.6. The van der Waals surface area contributed by atoms with Gasteiger partial charge >= 0.3 is 0 Å². The fourth-order valence-corrected chi connectivity index (χ4v) is 2.85. The summed E-state index contributed by atoms with van der Waals surface area (Å²) in [6, 6.07) is 10.9. The highest BCUT2D eigenvalue weighted by molar-refractivity contribution is 5.73. The summed E-state index contributed by atoms with van der Waals surface area (Å²) in [4.78, 5) is 6.59. The Morgan fingerprint density at radius 2 is 2.11 bits per heavy atom. The van der Waals surface area contributed by atoms with Gasteiger partial charge in [-0.2, -0.15) is 0 Å². The minimum absolute atomic E-state index is 0.0218. The molecular weight excluding hydrogens is 236 g/mol. The molecule has 3 nitrogen and oxygen atoms in total. The van der Waals surface area contributed by atoms with Crippen LogP contribution in [0.4, 0.5) is 11.4 Å². The van der Waals surface area contributed by atoms with E-state index in [2.05, 4.69) is 47.1 Å². The molecule has 0 saturated heterocycles. The molecule has 1 aliphatic heterocycles. The molecule has 0 amide bonds. The van der Waals surface area contributed by atoms with Crippen LogP contribution in [0.15, 0.2) is 36.5 Å². The van der Waals surface area contributed by atoms with Crippen molar-refractivity contribution in [2.24, 2.45) is 0 Å². The quantitative estimate of drug-likeness (QED) is 0.895. The Morgan fingerprint density at radius 3 is 2.89 bits per heavy atom. The zero-order valence-corrected chi connectivity index (χ0v) is 11.3. The number of anilines is 2. The second-order valence-electron chi connectivity index (χ2n) is 5.16. The summed E-state index contributed by atoms with van der Waals surface area (Å²) in [6.45, 7) is 4.22. The van der Waals surface area contributed by atoms with Gasteiger partial charge in [0.25, 0.3) is 0 Å². The van der Waals surface area contributed by atoms with E-state index in [0.29, 0.717) is 6.04 Å². The largest absolute Gasteiger partial charge is 0.392 e. The maximum Gasteiger partial charge on any atom is 0.0717 e. The van der Waals surface area contributed by atoms with Gasteiger partial charge in [0.05, 0.1) is 12.3 Å². The minimum atomic E-state index is 0.0218. The minimum Gasteiger partial charge on any atom is -0.392 e. The molecular formula is C16H18N2O. The lowest BCUT2D eigenvalue weighted by atomic mass is 10.1. The molecule has 1 N–H and O–H groups in total. The monoisotopic (exact) mass is 254 g/mol. The zero-order valence-electron chi connectivity index (χ0n) is 11.3. The van der Waals surface area contributed by atoms with Crippen LogP contribution in [0, 0.1) is 6.92 Å². The molecule has 0 spiro atoms. The summed E-state index contributed by atoms with van der Waals surface area (Å²) < 4.78 is 0. The van der Waals surface area contributed by atoms with Gasteiger partial charge in [-0.3, -0.25) is 4.98 Å². The first-order valence-corrected chi connectivity index (χ1v) is 6.64. The van der Waals surface area contributed by atoms with Crippen molar-refractivity contribution >= 4 is 11.4 Å². The second-order valence-corrected chi connectivity index (χ2v) is 5.16. The lowest BCUT2D eigenvalue weighted by Crippen LogP contribution is -2.25. The molecule has 2 aromatic rings. The predicted molar refractivity (Wildman–Crippen MR) is 76.6 cm³/mol. The number of aliphatic hydroxyl groups is 1. The Kier molecular flexibility index (Phi) is 2.99. The molecule has 1 atom stereocenters. The van der Waals surface area contributed by atoms with Gasteiger partial charge in [-0.05, 0) is 38.0 Å². The molecule has 0 bridgehead atoms. The molecule has 3 heteroatoms. The summed E-state index contributed by atoms with van der Waals surface area (Å²) in [5, 5.41) is 9.54. The van der Waals surface area contributed by atoms with Gasteiger partial charge in [-0.15, -0.1) is 0 Å². The van der Waals surface area contributed by atoms with Gasteiger partial charge < -0.3 is 10.0 Å². The fraction of sp³-hybridized carbons (Fsp3) is 0.312. The molecule has 1 unspecified atom stereocenters. The molecule has 0 fully saturated rings. The second kappa shape index (κ2) is 4.67. The number of hydrogen-bond donors (Lipinski definition) is 1. The highest BCUT2D eigenvalue weighted by Crippen LogP contribution is 2.39. The van der Waals surface area contributed by atoms with E-state index in [1.165, 1.54) is 11.3 Å². The van der Waals surface area contributed by atoms with Crippen molar-refractivity contribution in [2.45, 2.75) is 32.9 Å². The molecule has 1 aromatic carbocycles. The number of aromatic nitrogens is 1. The first-order valence-electron chi connectivity index (χ1n) is 6.64. The van der Waals surface area contributed by atoms with Crippen LogP contribution < -0.4 is 4.90 Å². The van der Waals surface area contributed by atoms with Gasteiger partial charge in [0, 0.05) is 29.2 Å². The Bertz CT molecular complexity index is 609. The Labute approximate surface area is 113 Å². The van der Waals surface area contributed by atoms with Crippen molar-refractivity contribution in [3.63, 3.8) is 0 Å². The zero-order chi connectivity index (χ0) is 13.4. The number of para-hydroxylation sites is 1. The third-order valence-corrected chi connectivity index (χ3v) is 3.74. The van der Waals surface area contributed by atoms with Gasteiger partial charge in [0.15, 0.2) is 0 Å². The van der Waals surface area contributed by atoms with E-state index >= 15 is 0 Å². The molecule has 3 rings (SSSR count). The van der Waals surface area contributed by atoms with Crippen molar-refractivity contribution in [3.8, 4) is 0 Å². The number of pyridine rings is 1. The smallest absolute Gasteiger partial charge is 0.0717 e. The molecule has 0 radical (unpaired) electrons. The van der Waals surface area contributed by atoms with Gasteiger partial charge in [-0.25, -0.2) is 0 Å². The van der Waals surface area contributed by atoms with Crippen molar-refractivity contribution in [3.05, 3.63) is 53.3 Å². The third-order valence-electron chi connectivity index (χ3n) is 3.74. The van der Waals surface area contributed by atoms with Crippen molar-refractivity contribution < 1.29 is 5.11 Å². The summed E-state index contributed by atoms with van der Waals surface area (Å²) in [5.74, 6) is 0. The number of hydrogen-bond acceptors (Lipinski definition) is 3. The lowest BCUT2D eigenvalue weighted by Gasteiger charge is -2.27. The fourth-order valence-electron chi connectivity index (χ4n) is 2.85. The first-order chi connectivity index (χ1) is 9.20. The van der Waals surface area contributed by atoms with Crippen LogP contribution in [0.5, 0.6) is 0 Å². The highest BCUT2D eigenvalue weighted by atomic mass is 16.3. The maximum atomic E-state index is 9.54. The van der Waals surface area contributed by atoms with E-state index in [0.717, 1.165) is 23.4 Å². The van der Waals surface area contributed by atoms with Gasteiger partial charge in [0.1, 0.15) is 0 Å². The lowest BCUT2D eigenvalue weighted by molar-refractivity contribution is 0.281. The van der Waals surface area contributed by atoms with Crippen molar-refractivity contribution in [1.82, 2.24) is 4.98 Å². The number of aryl methyl sites for hydroxylation is 1. The number of aliphatic hydroxyl groups excluding tert-OH is 1. The maximum absolute atomic E-state index is 9.54. The Morgan fingerprint density at radius 1 is 1.32 bits per heavy atom. The molecule has 0 saturated carbocycles. The summed E-state index contributed by atoms with van der Waals surface area (Å²) in [7, 11) is 0. The molecule has 98 valence electrons. The van der Waals surface area contributed by atoms with Crippen LogP contribution in [0.3, 0.4) is 0 Å². The number of fused-ring (bicyclic) bond motifs is 1. The Balaban J connectivity index is 2.14. The molecule has 0 aliphatic carbocycles. The van der Waals surface area contributed by atoms with Crippen LogP contribution in [-0.4, -0.2) is 16.1 Å². The Hall–Kier alpha value is -1.87. The first kappa shape index (κ1) is 12.2. The summed E-state index contributed by atoms with van der Waals surface area (Å²) >= 11 is 0. The van der Waals surface area contributed by atoms with Crippen LogP contribution in [-0.2, 0) is 13.0 Å². The average molecular weight is 254 g/mol. The van der Waals surface area contributed by atoms with Gasteiger partial charge in [0.2, 0.25) is 0 Å². The van der Waals surface area contributed by atoms with E-state index in [1.54, 1.807) is 6.20 Å². The van der Waals surface area contributed by atoms with Crippen molar-refractivity contribution in [2.75, 3.05) is 4.90 Å². The van der Waals surface area contributed by atoms with E-state index < -0.39 is 0 Å². The SMILES string of the molecule is Cc1cc(N2c3ccccc3CC2C)c(CO)cn1. The van der Waals surface area contributed by atoms with E-state index in [-0.39, 0.29) is 6.61 Å². The number of nitrogens with zero attached hydrogens (tertiary/aromatic N) is 2. The summed E-state index contributed by atoms with van der Waals surface area (Å²) in [6.07, 6.45) is 2.82. The van der Waals surface area contributed by atoms with Crippen LogP contribution in [0.25, 0.3) is 0 Å². The van der Waals surface area contributed by atoms with Crippen LogP contribution >= 0.6 is 0 Å². The molecule has 1 aromatic heterocycles. The number of rotatable bonds is 2. The predicted octanol–water partition coefficient (Wildman–Crippen LogP) is 2.97. The molecule has 19 heavy (non-hydrogen) atoms. The number of benzene rings is 1. The standard InChI is InChI=1S/C16H18N2O/c1-11-7-16(14(10-19)9-17-11)18-12(2)8-13-5-3-4-6-15(13)18/h3-7,9,12,19H,8,10H2,1-2H3. The molecule has 2 heterocycles. The average Bonchev–Trinajstić information content (AvgIpc) is 2.74. The third kappa shape index (κ3) is 2.00. The highest BCUT2D eigenvalue weighted by Gasteiger charge is 2.28. The van der Waals surface area contributed by atoms with E-state index in [4.69, 9.17) is 0 Å². The van der Waals surface area contributed by atoms with Gasteiger partial charge in [-0.1, -0.05) is 18.2 Å². The summed E-state index contributed by atoms with van der Waals surface area (Å²) in [5.41, 5.74) is 5.55. The van der Waals surface area contributed by atoms with E-state index in [9.17, 15) is 5.11 Å². The van der Waals surface area contributed by atoms with Crippen LogP contribution in [0.2, 0.25) is 0 Å². The topological polar surface area (TPSA) is 36.4 Å².